The van der Waals surface area contributed by atoms with Crippen LogP contribution in [0, 0.1) is 0 Å². The number of carbonyl (C=O) groups excluding carboxylic acids is 1. The van der Waals surface area contributed by atoms with E-state index in [4.69, 9.17) is 0 Å². The number of carbonyl (C=O) groups is 1. The summed E-state index contributed by atoms with van der Waals surface area (Å²) in [6.45, 7) is 1.90. The van der Waals surface area contributed by atoms with Gasteiger partial charge in [-0.05, 0) is 58.0 Å². The van der Waals surface area contributed by atoms with Crippen LogP contribution in [0.5, 0.6) is 0 Å². The predicted molar refractivity (Wildman–Crippen MR) is 107 cm³/mol. The van der Waals surface area contributed by atoms with Crippen LogP contribution in [-0.4, -0.2) is 41.8 Å². The third kappa shape index (κ3) is 4.04. The second-order valence-corrected chi connectivity index (χ2v) is 8.01. The second-order valence-electron chi connectivity index (χ2n) is 7.10. The van der Waals surface area contributed by atoms with Gasteiger partial charge in [-0.25, -0.2) is 0 Å². The van der Waals surface area contributed by atoms with Crippen LogP contribution in [0.4, 0.5) is 5.69 Å². The Kier molecular flexibility index (Phi) is 5.74. The lowest BCUT2D eigenvalue weighted by Crippen LogP contribution is -2.36. The Hall–Kier alpha value is -1.46. The Balaban J connectivity index is 1.93. The molecule has 0 saturated heterocycles. The fourth-order valence-corrected chi connectivity index (χ4v) is 4.02. The number of nitrogens with zero attached hydrogens (tertiary/aromatic N) is 2. The molecule has 2 aromatic rings. The van der Waals surface area contributed by atoms with Crippen LogP contribution in [0.1, 0.15) is 49.4 Å². The Morgan fingerprint density at radius 1 is 1.28 bits per heavy atom. The van der Waals surface area contributed by atoms with Gasteiger partial charge in [0.15, 0.2) is 5.78 Å². The SMILES string of the molecule is CCC(=O)c1cnc2ccc(Br)cc2c1N[C@H]1CC[C@H](N(C)C)CC1. The van der Waals surface area contributed by atoms with Crippen LogP contribution in [0.3, 0.4) is 0 Å². The maximum Gasteiger partial charge on any atom is 0.166 e. The van der Waals surface area contributed by atoms with Gasteiger partial charge in [0, 0.05) is 34.6 Å². The lowest BCUT2D eigenvalue weighted by atomic mass is 9.90. The Morgan fingerprint density at radius 2 is 2.00 bits per heavy atom. The van der Waals surface area contributed by atoms with Crippen molar-refractivity contribution in [2.75, 3.05) is 19.4 Å². The lowest BCUT2D eigenvalue weighted by Gasteiger charge is -2.34. The van der Waals surface area contributed by atoms with Crippen molar-refractivity contribution in [1.82, 2.24) is 9.88 Å². The van der Waals surface area contributed by atoms with E-state index in [-0.39, 0.29) is 5.78 Å². The summed E-state index contributed by atoms with van der Waals surface area (Å²) >= 11 is 3.55. The van der Waals surface area contributed by atoms with Crippen molar-refractivity contribution in [3.8, 4) is 0 Å². The average molecular weight is 404 g/mol. The minimum atomic E-state index is 0.138. The molecule has 5 heteroatoms. The van der Waals surface area contributed by atoms with Gasteiger partial charge in [-0.3, -0.25) is 9.78 Å². The number of anilines is 1. The first-order valence-electron chi connectivity index (χ1n) is 9.04. The van der Waals surface area contributed by atoms with E-state index in [0.29, 0.717) is 24.1 Å². The number of hydrogen-bond acceptors (Lipinski definition) is 4. The van der Waals surface area contributed by atoms with Gasteiger partial charge in [0.2, 0.25) is 0 Å². The standard InChI is InChI=1S/C20H26BrN3O/c1-4-19(25)17-12-22-18-10-5-13(21)11-16(18)20(17)23-14-6-8-15(9-7-14)24(2)3/h5,10-12,14-15H,4,6-9H2,1-3H3,(H,22,23)/t14-,15-. The molecule has 0 atom stereocenters. The van der Waals surface area contributed by atoms with Crippen LogP contribution in [-0.2, 0) is 0 Å². The largest absolute Gasteiger partial charge is 0.381 e. The van der Waals surface area contributed by atoms with E-state index in [9.17, 15) is 4.79 Å². The molecule has 1 aromatic heterocycles. The number of Topliss-reactive ketones (excluding diaryl/α,β-unsaturated/α-hetero) is 1. The van der Waals surface area contributed by atoms with Crippen molar-refractivity contribution in [1.29, 1.82) is 0 Å². The Labute approximate surface area is 158 Å². The lowest BCUT2D eigenvalue weighted by molar-refractivity contribution is 0.0988. The number of pyridine rings is 1. The monoisotopic (exact) mass is 403 g/mol. The van der Waals surface area contributed by atoms with Crippen LogP contribution in [0.2, 0.25) is 0 Å². The van der Waals surface area contributed by atoms with Crippen molar-refractivity contribution < 1.29 is 4.79 Å². The number of benzene rings is 1. The summed E-state index contributed by atoms with van der Waals surface area (Å²) in [4.78, 5) is 19.3. The van der Waals surface area contributed by atoms with Gasteiger partial charge in [-0.2, -0.15) is 0 Å². The van der Waals surface area contributed by atoms with Crippen molar-refractivity contribution >= 4 is 38.3 Å². The molecule has 0 unspecified atom stereocenters. The Bertz CT molecular complexity index is 767. The van der Waals surface area contributed by atoms with E-state index >= 15 is 0 Å². The van der Waals surface area contributed by atoms with Gasteiger partial charge in [-0.15, -0.1) is 0 Å². The molecule has 1 saturated carbocycles. The number of fused-ring (bicyclic) bond motifs is 1. The molecule has 1 N–H and O–H groups in total. The fraction of sp³-hybridized carbons (Fsp3) is 0.500. The molecule has 0 bridgehead atoms. The van der Waals surface area contributed by atoms with Crippen LogP contribution in [0.15, 0.2) is 28.9 Å². The van der Waals surface area contributed by atoms with Gasteiger partial charge in [0.25, 0.3) is 0 Å². The van der Waals surface area contributed by atoms with E-state index in [2.05, 4.69) is 51.3 Å². The van der Waals surface area contributed by atoms with Crippen LogP contribution < -0.4 is 5.32 Å². The fourth-order valence-electron chi connectivity index (χ4n) is 3.66. The highest BCUT2D eigenvalue weighted by Gasteiger charge is 2.24. The van der Waals surface area contributed by atoms with Crippen LogP contribution >= 0.6 is 15.9 Å². The maximum atomic E-state index is 12.4. The van der Waals surface area contributed by atoms with Gasteiger partial charge in [0.1, 0.15) is 0 Å². The molecule has 0 amide bonds. The van der Waals surface area contributed by atoms with Crippen molar-refractivity contribution in [2.24, 2.45) is 0 Å². The summed E-state index contributed by atoms with van der Waals surface area (Å²) in [6.07, 6.45) is 6.85. The summed E-state index contributed by atoms with van der Waals surface area (Å²) < 4.78 is 1.00. The highest BCUT2D eigenvalue weighted by atomic mass is 79.9. The minimum Gasteiger partial charge on any atom is -0.381 e. The number of hydrogen-bond donors (Lipinski definition) is 1. The van der Waals surface area contributed by atoms with Gasteiger partial charge >= 0.3 is 0 Å². The van der Waals surface area contributed by atoms with Crippen molar-refractivity contribution in [2.45, 2.75) is 51.1 Å². The summed E-state index contributed by atoms with van der Waals surface area (Å²) in [5, 5.41) is 4.71. The van der Waals surface area contributed by atoms with E-state index in [1.807, 2.05) is 19.1 Å². The van der Waals surface area contributed by atoms with Crippen molar-refractivity contribution in [3.63, 3.8) is 0 Å². The number of rotatable bonds is 5. The highest BCUT2D eigenvalue weighted by molar-refractivity contribution is 9.10. The Morgan fingerprint density at radius 3 is 2.64 bits per heavy atom. The summed E-state index contributed by atoms with van der Waals surface area (Å²) in [5.41, 5.74) is 2.58. The molecule has 4 nitrogen and oxygen atoms in total. The molecule has 0 radical (unpaired) electrons. The molecule has 1 aliphatic rings. The predicted octanol–water partition coefficient (Wildman–Crippen LogP) is 4.87. The topological polar surface area (TPSA) is 45.2 Å². The number of nitrogens with one attached hydrogen (secondary N) is 1. The van der Waals surface area contributed by atoms with Crippen molar-refractivity contribution in [3.05, 3.63) is 34.4 Å². The maximum absolute atomic E-state index is 12.4. The number of ketones is 1. The number of aromatic nitrogens is 1. The smallest absolute Gasteiger partial charge is 0.166 e. The third-order valence-corrected chi connectivity index (χ3v) is 5.72. The molecule has 25 heavy (non-hydrogen) atoms. The van der Waals surface area contributed by atoms with Gasteiger partial charge in [0.05, 0.1) is 16.8 Å². The summed E-state index contributed by atoms with van der Waals surface area (Å²) in [5.74, 6) is 0.138. The van der Waals surface area contributed by atoms with Crippen LogP contribution in [0.25, 0.3) is 10.9 Å². The molecule has 0 spiro atoms. The molecule has 134 valence electrons. The average Bonchev–Trinajstić information content (AvgIpc) is 2.62. The highest BCUT2D eigenvalue weighted by Crippen LogP contribution is 2.32. The molecule has 0 aliphatic heterocycles. The zero-order chi connectivity index (χ0) is 18.0. The van der Waals surface area contributed by atoms with Gasteiger partial charge < -0.3 is 10.2 Å². The number of halogens is 1. The molecular weight excluding hydrogens is 378 g/mol. The molecule has 1 heterocycles. The van der Waals surface area contributed by atoms with E-state index < -0.39 is 0 Å². The first-order chi connectivity index (χ1) is 12.0. The molecule has 1 aromatic carbocycles. The zero-order valence-corrected chi connectivity index (χ0v) is 16.8. The van der Waals surface area contributed by atoms with E-state index in [0.717, 1.165) is 33.9 Å². The zero-order valence-electron chi connectivity index (χ0n) is 15.2. The summed E-state index contributed by atoms with van der Waals surface area (Å²) in [6, 6.07) is 7.11. The minimum absolute atomic E-state index is 0.138. The molecule has 3 rings (SSSR count). The summed E-state index contributed by atoms with van der Waals surface area (Å²) in [7, 11) is 4.31. The normalized spacial score (nSPS) is 20.8. The third-order valence-electron chi connectivity index (χ3n) is 5.23. The molecular formula is C20H26BrN3O. The van der Waals surface area contributed by atoms with E-state index in [1.54, 1.807) is 6.20 Å². The first kappa shape index (κ1) is 18.3. The quantitative estimate of drug-likeness (QED) is 0.722. The first-order valence-corrected chi connectivity index (χ1v) is 9.83. The van der Waals surface area contributed by atoms with Gasteiger partial charge in [-0.1, -0.05) is 22.9 Å². The van der Waals surface area contributed by atoms with E-state index in [1.165, 1.54) is 12.8 Å². The second kappa shape index (κ2) is 7.83. The molecule has 1 aliphatic carbocycles. The molecule has 1 fully saturated rings.